The quantitative estimate of drug-likeness (QED) is 0.566. The minimum Gasteiger partial charge on any atom is -0.390 e. The lowest BCUT2D eigenvalue weighted by atomic mass is 10.0. The summed E-state index contributed by atoms with van der Waals surface area (Å²) in [6.45, 7) is 3.36. The predicted molar refractivity (Wildman–Crippen MR) is 109 cm³/mol. The van der Waals surface area contributed by atoms with Crippen molar-refractivity contribution in [3.63, 3.8) is 0 Å². The fraction of sp³-hybridized carbons (Fsp3) is 0.158. The number of aromatic nitrogens is 1. The zero-order chi connectivity index (χ0) is 21.3. The highest BCUT2D eigenvalue weighted by atomic mass is 35.5. The van der Waals surface area contributed by atoms with Crippen molar-refractivity contribution in [3.8, 4) is 28.3 Å². The van der Waals surface area contributed by atoms with Gasteiger partial charge in [0.05, 0.1) is 26.4 Å². The Bertz CT molecular complexity index is 1170. The van der Waals surface area contributed by atoms with Crippen LogP contribution in [0.25, 0.3) is 22.4 Å². The molecule has 0 unspecified atom stereocenters. The second kappa shape index (κ2) is 8.16. The van der Waals surface area contributed by atoms with Gasteiger partial charge < -0.3 is 9.26 Å². The first-order valence-electron chi connectivity index (χ1n) is 8.38. The van der Waals surface area contributed by atoms with Crippen LogP contribution in [0.15, 0.2) is 51.9 Å². The van der Waals surface area contributed by atoms with Crippen LogP contribution in [0.2, 0.25) is 10.0 Å². The number of nitrogens with zero attached hydrogens (tertiary/aromatic N) is 1. The van der Waals surface area contributed by atoms with Crippen LogP contribution in [0.4, 0.5) is 0 Å². The number of primary sulfonamides is 1. The third-order valence-corrected chi connectivity index (χ3v) is 5.66. The Labute approximate surface area is 177 Å². The zero-order valence-electron chi connectivity index (χ0n) is 15.3. The highest BCUT2D eigenvalue weighted by molar-refractivity contribution is 7.89. The summed E-state index contributed by atoms with van der Waals surface area (Å²) in [7, 11) is -3.86. The van der Waals surface area contributed by atoms with Crippen LogP contribution in [0.3, 0.4) is 0 Å². The van der Waals surface area contributed by atoms with Crippen LogP contribution in [0.1, 0.15) is 13.8 Å². The maximum atomic E-state index is 12.1. The second-order valence-electron chi connectivity index (χ2n) is 6.47. The van der Waals surface area contributed by atoms with E-state index in [4.69, 9.17) is 37.6 Å². The molecule has 0 saturated carbocycles. The normalized spacial score (nSPS) is 11.7. The van der Waals surface area contributed by atoms with Crippen LogP contribution in [-0.2, 0) is 14.8 Å². The van der Waals surface area contributed by atoms with Gasteiger partial charge in [0.2, 0.25) is 10.0 Å². The van der Waals surface area contributed by atoms with Crippen molar-refractivity contribution in [3.05, 3.63) is 52.5 Å². The number of sulfonamides is 1. The molecule has 0 bridgehead atoms. The second-order valence-corrected chi connectivity index (χ2v) is 8.84. The van der Waals surface area contributed by atoms with Crippen molar-refractivity contribution in [1.82, 2.24) is 5.16 Å². The Morgan fingerprint density at radius 3 is 2.24 bits per heavy atom. The topological polar surface area (TPSA) is 112 Å². The Morgan fingerprint density at radius 1 is 1.07 bits per heavy atom. The molecule has 2 aromatic carbocycles. The molecular formula is C19H16Cl2N2O5S. The summed E-state index contributed by atoms with van der Waals surface area (Å²) in [5, 5.41) is 9.85. The van der Waals surface area contributed by atoms with E-state index in [1.165, 1.54) is 24.3 Å². The number of rotatable bonds is 5. The summed E-state index contributed by atoms with van der Waals surface area (Å²) in [4.78, 5) is 12.0. The van der Waals surface area contributed by atoms with E-state index in [9.17, 15) is 13.2 Å². The van der Waals surface area contributed by atoms with Crippen LogP contribution in [0, 0.1) is 5.92 Å². The molecule has 3 rings (SSSR count). The van der Waals surface area contributed by atoms with Gasteiger partial charge in [-0.3, -0.25) is 4.79 Å². The molecule has 1 aromatic heterocycles. The summed E-state index contributed by atoms with van der Waals surface area (Å²) in [5.41, 5.74) is 1.78. The van der Waals surface area contributed by atoms with E-state index in [0.29, 0.717) is 32.4 Å². The maximum Gasteiger partial charge on any atom is 0.327 e. The molecule has 10 heteroatoms. The molecule has 0 amide bonds. The molecule has 0 fully saturated rings. The third kappa shape index (κ3) is 4.62. The van der Waals surface area contributed by atoms with Gasteiger partial charge in [0, 0.05) is 5.56 Å². The van der Waals surface area contributed by atoms with Crippen molar-refractivity contribution in [2.75, 3.05) is 0 Å². The summed E-state index contributed by atoms with van der Waals surface area (Å²) >= 11 is 12.1. The monoisotopic (exact) mass is 454 g/mol. The summed E-state index contributed by atoms with van der Waals surface area (Å²) in [6, 6.07) is 10.6. The van der Waals surface area contributed by atoms with Gasteiger partial charge in [0.1, 0.15) is 5.69 Å². The first-order valence-corrected chi connectivity index (χ1v) is 10.7. The lowest BCUT2D eigenvalue weighted by Gasteiger charge is -2.08. The minimum atomic E-state index is -3.86. The molecule has 1 heterocycles. The molecule has 0 radical (unpaired) electrons. The van der Waals surface area contributed by atoms with E-state index in [1.54, 1.807) is 32.0 Å². The molecule has 152 valence electrons. The Morgan fingerprint density at radius 2 is 1.69 bits per heavy atom. The first kappa shape index (κ1) is 21.3. The fourth-order valence-corrected chi connectivity index (χ4v) is 3.27. The van der Waals surface area contributed by atoms with Gasteiger partial charge in [-0.1, -0.05) is 60.4 Å². The Hall–Kier alpha value is -2.39. The van der Waals surface area contributed by atoms with E-state index in [2.05, 4.69) is 5.16 Å². The Kier molecular flexibility index (Phi) is 6.00. The molecule has 0 spiro atoms. The fourth-order valence-electron chi connectivity index (χ4n) is 2.46. The van der Waals surface area contributed by atoms with Gasteiger partial charge in [0.25, 0.3) is 0 Å². The molecule has 7 nitrogen and oxygen atoms in total. The lowest BCUT2D eigenvalue weighted by Crippen LogP contribution is -2.14. The summed E-state index contributed by atoms with van der Waals surface area (Å²) < 4.78 is 33.7. The van der Waals surface area contributed by atoms with E-state index < -0.39 is 21.9 Å². The van der Waals surface area contributed by atoms with Crippen molar-refractivity contribution < 1.29 is 22.5 Å². The highest BCUT2D eigenvalue weighted by Crippen LogP contribution is 2.41. The highest BCUT2D eigenvalue weighted by Gasteiger charge is 2.24. The zero-order valence-corrected chi connectivity index (χ0v) is 17.7. The van der Waals surface area contributed by atoms with Crippen LogP contribution >= 0.6 is 23.2 Å². The first-order chi connectivity index (χ1) is 13.6. The number of hydrogen-bond donors (Lipinski definition) is 1. The van der Waals surface area contributed by atoms with Crippen LogP contribution in [-0.4, -0.2) is 19.5 Å². The van der Waals surface area contributed by atoms with Crippen molar-refractivity contribution in [2.24, 2.45) is 11.1 Å². The summed E-state index contributed by atoms with van der Waals surface area (Å²) in [6.07, 6.45) is 0. The van der Waals surface area contributed by atoms with Gasteiger partial charge >= 0.3 is 11.9 Å². The van der Waals surface area contributed by atoms with E-state index in [1.807, 2.05) is 0 Å². The summed E-state index contributed by atoms with van der Waals surface area (Å²) in [5.74, 6) is -1.02. The Balaban J connectivity index is 2.16. The van der Waals surface area contributed by atoms with Crippen molar-refractivity contribution >= 4 is 39.2 Å². The number of ether oxygens (including phenoxy) is 1. The third-order valence-electron chi connectivity index (χ3n) is 3.99. The molecule has 0 aliphatic carbocycles. The molecule has 2 N–H and O–H groups in total. The van der Waals surface area contributed by atoms with Gasteiger partial charge in [-0.05, 0) is 29.8 Å². The van der Waals surface area contributed by atoms with Crippen molar-refractivity contribution in [2.45, 2.75) is 18.7 Å². The average molecular weight is 455 g/mol. The molecular weight excluding hydrogens is 439 g/mol. The maximum absolute atomic E-state index is 12.1. The SMILES string of the molecule is CC(C)C(=O)Oc1onc(-c2ccc(Cl)c(Cl)c2)c1-c1ccc(S(N)(=O)=O)cc1. The van der Waals surface area contributed by atoms with E-state index >= 15 is 0 Å². The minimum absolute atomic E-state index is 0.0606. The molecule has 0 aliphatic heterocycles. The smallest absolute Gasteiger partial charge is 0.327 e. The number of esters is 1. The number of benzene rings is 2. The van der Waals surface area contributed by atoms with Gasteiger partial charge in [-0.2, -0.15) is 0 Å². The van der Waals surface area contributed by atoms with Crippen LogP contribution in [0.5, 0.6) is 5.95 Å². The van der Waals surface area contributed by atoms with E-state index in [-0.39, 0.29) is 10.8 Å². The number of hydrogen-bond acceptors (Lipinski definition) is 6. The van der Waals surface area contributed by atoms with Gasteiger partial charge in [-0.25, -0.2) is 13.6 Å². The standard InChI is InChI=1S/C19H16Cl2N2O5S/c1-10(2)18(24)27-19-16(11-3-6-13(7-4-11)29(22,25)26)17(23-28-19)12-5-8-14(20)15(21)9-12/h3-10H,1-2H3,(H2,22,25,26). The number of halogens is 2. The predicted octanol–water partition coefficient (Wildman–Crippen LogP) is 4.52. The average Bonchev–Trinajstić information content (AvgIpc) is 3.06. The molecule has 3 aromatic rings. The van der Waals surface area contributed by atoms with Gasteiger partial charge in [0.15, 0.2) is 0 Å². The lowest BCUT2D eigenvalue weighted by molar-refractivity contribution is -0.139. The van der Waals surface area contributed by atoms with E-state index in [0.717, 1.165) is 0 Å². The number of nitrogens with two attached hydrogens (primary N) is 1. The van der Waals surface area contributed by atoms with Crippen LogP contribution < -0.4 is 9.88 Å². The van der Waals surface area contributed by atoms with Gasteiger partial charge in [-0.15, -0.1) is 0 Å². The number of carbonyl (C=O) groups is 1. The number of carbonyl (C=O) groups excluding carboxylic acids is 1. The molecule has 29 heavy (non-hydrogen) atoms. The molecule has 0 aliphatic rings. The largest absolute Gasteiger partial charge is 0.390 e. The molecule has 0 atom stereocenters. The molecule has 0 saturated heterocycles. The van der Waals surface area contributed by atoms with Crippen molar-refractivity contribution in [1.29, 1.82) is 0 Å².